The van der Waals surface area contributed by atoms with Gasteiger partial charge in [-0.3, -0.25) is 9.78 Å². The second-order valence-electron chi connectivity index (χ2n) is 5.14. The first-order valence-corrected chi connectivity index (χ1v) is 6.49. The Labute approximate surface area is 121 Å². The largest absolute Gasteiger partial charge is 0.466 e. The van der Waals surface area contributed by atoms with Gasteiger partial charge in [-0.1, -0.05) is 0 Å². The molecule has 0 aliphatic rings. The van der Waals surface area contributed by atoms with Gasteiger partial charge in [0.05, 0.1) is 18.3 Å². The van der Waals surface area contributed by atoms with Gasteiger partial charge in [-0.2, -0.15) is 0 Å². The summed E-state index contributed by atoms with van der Waals surface area (Å²) in [5.41, 5.74) is -0.822. The van der Waals surface area contributed by atoms with Gasteiger partial charge in [0.25, 0.3) is 5.91 Å². The first kappa shape index (κ1) is 15.2. The number of hydrogen-bond donors (Lipinski definition) is 2. The Bertz CT molecular complexity index is 665. The van der Waals surface area contributed by atoms with E-state index in [0.717, 1.165) is 6.20 Å². The second kappa shape index (κ2) is 5.65. The molecular formula is C15H17FN2O3. The number of rotatable bonds is 4. The molecule has 2 rings (SSSR count). The third kappa shape index (κ3) is 3.28. The van der Waals surface area contributed by atoms with Crippen LogP contribution in [0.4, 0.5) is 4.39 Å². The van der Waals surface area contributed by atoms with Crippen LogP contribution < -0.4 is 5.32 Å². The summed E-state index contributed by atoms with van der Waals surface area (Å²) in [6.07, 6.45) is 2.30. The molecule has 1 amide bonds. The molecule has 1 atom stereocenters. The number of amides is 1. The Balaban J connectivity index is 2.10. The van der Waals surface area contributed by atoms with E-state index in [-0.39, 0.29) is 12.1 Å². The molecule has 6 heteroatoms. The molecule has 2 heterocycles. The van der Waals surface area contributed by atoms with Crippen LogP contribution in [0, 0.1) is 19.7 Å². The maximum atomic E-state index is 13.4. The highest BCUT2D eigenvalue weighted by Crippen LogP contribution is 2.26. The van der Waals surface area contributed by atoms with Crippen molar-refractivity contribution in [3.63, 3.8) is 0 Å². The smallest absolute Gasteiger partial charge is 0.254 e. The van der Waals surface area contributed by atoms with Crippen LogP contribution in [0.1, 0.15) is 34.4 Å². The van der Waals surface area contributed by atoms with Crippen molar-refractivity contribution in [3.8, 4) is 0 Å². The number of furan rings is 1. The maximum Gasteiger partial charge on any atom is 0.254 e. The Hall–Kier alpha value is -2.21. The average Bonchev–Trinajstić information content (AvgIpc) is 2.76. The van der Waals surface area contributed by atoms with E-state index in [1.54, 1.807) is 26.8 Å². The van der Waals surface area contributed by atoms with E-state index in [0.29, 0.717) is 17.1 Å². The van der Waals surface area contributed by atoms with Gasteiger partial charge in [0.15, 0.2) is 5.82 Å². The summed E-state index contributed by atoms with van der Waals surface area (Å²) in [5.74, 6) is -0.0471. The van der Waals surface area contributed by atoms with Crippen molar-refractivity contribution >= 4 is 5.91 Å². The first-order chi connectivity index (χ1) is 9.81. The fourth-order valence-corrected chi connectivity index (χ4v) is 2.17. The van der Waals surface area contributed by atoms with Crippen molar-refractivity contribution in [3.05, 3.63) is 53.0 Å². The Morgan fingerprint density at radius 2 is 2.24 bits per heavy atom. The van der Waals surface area contributed by atoms with E-state index < -0.39 is 17.3 Å². The van der Waals surface area contributed by atoms with Crippen LogP contribution in [0.5, 0.6) is 0 Å². The summed E-state index contributed by atoms with van der Waals surface area (Å²) in [6, 6.07) is 3.00. The highest BCUT2D eigenvalue weighted by molar-refractivity contribution is 5.94. The van der Waals surface area contributed by atoms with E-state index in [1.807, 2.05) is 0 Å². The van der Waals surface area contributed by atoms with Gasteiger partial charge in [0, 0.05) is 11.8 Å². The number of carbonyl (C=O) groups excluding carboxylic acids is 1. The summed E-state index contributed by atoms with van der Waals surface area (Å²) in [4.78, 5) is 15.5. The van der Waals surface area contributed by atoms with Crippen LogP contribution >= 0.6 is 0 Å². The van der Waals surface area contributed by atoms with Crippen molar-refractivity contribution in [1.82, 2.24) is 10.3 Å². The predicted octanol–water partition coefficient (Wildman–Crippen LogP) is 2.07. The normalized spacial score (nSPS) is 13.8. The SMILES string of the molecule is Cc1cc(C(C)(O)CNC(=O)c2ccncc2F)c(C)o1. The third-order valence-corrected chi connectivity index (χ3v) is 3.23. The number of carbonyl (C=O) groups is 1. The standard InChI is InChI=1S/C15H17FN2O3/c1-9-6-12(10(2)21-9)15(3,20)8-18-14(19)11-4-5-17-7-13(11)16/h4-7,20H,8H2,1-3H3,(H,18,19). The van der Waals surface area contributed by atoms with Crippen LogP contribution in [-0.4, -0.2) is 22.5 Å². The second-order valence-corrected chi connectivity index (χ2v) is 5.14. The lowest BCUT2D eigenvalue weighted by molar-refractivity contribution is 0.0513. The summed E-state index contributed by atoms with van der Waals surface area (Å²) < 4.78 is 18.8. The fraction of sp³-hybridized carbons (Fsp3) is 0.333. The van der Waals surface area contributed by atoms with E-state index >= 15 is 0 Å². The first-order valence-electron chi connectivity index (χ1n) is 6.49. The molecule has 0 radical (unpaired) electrons. The molecule has 0 aromatic carbocycles. The van der Waals surface area contributed by atoms with Crippen molar-refractivity contribution in [2.24, 2.45) is 0 Å². The molecule has 5 nitrogen and oxygen atoms in total. The van der Waals surface area contributed by atoms with Gasteiger partial charge >= 0.3 is 0 Å². The van der Waals surface area contributed by atoms with Gasteiger partial charge in [-0.05, 0) is 32.9 Å². The maximum absolute atomic E-state index is 13.4. The van der Waals surface area contributed by atoms with Gasteiger partial charge in [-0.25, -0.2) is 4.39 Å². The number of aromatic nitrogens is 1. The zero-order chi connectivity index (χ0) is 15.6. The molecule has 0 aliphatic carbocycles. The van der Waals surface area contributed by atoms with Crippen LogP contribution in [0.15, 0.2) is 28.9 Å². The minimum Gasteiger partial charge on any atom is -0.466 e. The van der Waals surface area contributed by atoms with Crippen LogP contribution in [0.25, 0.3) is 0 Å². The highest BCUT2D eigenvalue weighted by atomic mass is 19.1. The molecule has 2 N–H and O–H groups in total. The Morgan fingerprint density at radius 1 is 1.52 bits per heavy atom. The van der Waals surface area contributed by atoms with E-state index in [9.17, 15) is 14.3 Å². The van der Waals surface area contributed by atoms with Crippen LogP contribution in [0.2, 0.25) is 0 Å². The number of nitrogens with one attached hydrogen (secondary N) is 1. The molecule has 0 aliphatic heterocycles. The molecule has 2 aromatic heterocycles. The summed E-state index contributed by atoms with van der Waals surface area (Å²) in [5, 5.41) is 13.0. The number of aryl methyl sites for hydroxylation is 2. The lowest BCUT2D eigenvalue weighted by Crippen LogP contribution is -2.39. The van der Waals surface area contributed by atoms with Gasteiger partial charge in [0.1, 0.15) is 17.1 Å². The zero-order valence-corrected chi connectivity index (χ0v) is 12.1. The molecule has 0 bridgehead atoms. The highest BCUT2D eigenvalue weighted by Gasteiger charge is 2.28. The quantitative estimate of drug-likeness (QED) is 0.904. The molecule has 0 saturated carbocycles. The molecule has 0 fully saturated rings. The summed E-state index contributed by atoms with van der Waals surface area (Å²) in [6.45, 7) is 5.01. The van der Waals surface area contributed by atoms with E-state index in [1.165, 1.54) is 12.3 Å². The topological polar surface area (TPSA) is 75.4 Å². The minimum absolute atomic E-state index is 0.0621. The number of halogens is 1. The number of aliphatic hydroxyl groups is 1. The fourth-order valence-electron chi connectivity index (χ4n) is 2.17. The lowest BCUT2D eigenvalue weighted by atomic mass is 9.96. The molecule has 1 unspecified atom stereocenters. The van der Waals surface area contributed by atoms with E-state index in [4.69, 9.17) is 4.42 Å². The van der Waals surface area contributed by atoms with Crippen LogP contribution in [0.3, 0.4) is 0 Å². The Morgan fingerprint density at radius 3 is 2.81 bits per heavy atom. The summed E-state index contributed by atoms with van der Waals surface area (Å²) >= 11 is 0. The molecule has 112 valence electrons. The van der Waals surface area contributed by atoms with Gasteiger partial charge in [0.2, 0.25) is 0 Å². The molecule has 0 saturated heterocycles. The van der Waals surface area contributed by atoms with E-state index in [2.05, 4.69) is 10.3 Å². The molecule has 2 aromatic rings. The Kier molecular flexibility index (Phi) is 4.09. The number of hydrogen-bond acceptors (Lipinski definition) is 4. The van der Waals surface area contributed by atoms with Crippen molar-refractivity contribution in [1.29, 1.82) is 0 Å². The number of nitrogens with zero attached hydrogens (tertiary/aromatic N) is 1. The van der Waals surface area contributed by atoms with Crippen molar-refractivity contribution < 1.29 is 18.7 Å². The van der Waals surface area contributed by atoms with Crippen LogP contribution in [-0.2, 0) is 5.60 Å². The zero-order valence-electron chi connectivity index (χ0n) is 12.1. The molecular weight excluding hydrogens is 275 g/mol. The molecule has 0 spiro atoms. The van der Waals surface area contributed by atoms with Gasteiger partial charge in [-0.15, -0.1) is 0 Å². The minimum atomic E-state index is -1.30. The van der Waals surface area contributed by atoms with Gasteiger partial charge < -0.3 is 14.8 Å². The number of pyridine rings is 1. The average molecular weight is 292 g/mol. The third-order valence-electron chi connectivity index (χ3n) is 3.23. The van der Waals surface area contributed by atoms with Crippen molar-refractivity contribution in [2.75, 3.05) is 6.54 Å². The lowest BCUT2D eigenvalue weighted by Gasteiger charge is -2.23. The predicted molar refractivity (Wildman–Crippen MR) is 74.3 cm³/mol. The summed E-state index contributed by atoms with van der Waals surface area (Å²) in [7, 11) is 0. The van der Waals surface area contributed by atoms with Crippen molar-refractivity contribution in [2.45, 2.75) is 26.4 Å². The monoisotopic (exact) mass is 292 g/mol. The molecule has 21 heavy (non-hydrogen) atoms.